The zero-order valence-electron chi connectivity index (χ0n) is 10.8. The summed E-state index contributed by atoms with van der Waals surface area (Å²) in [5.74, 6) is 0. The minimum absolute atomic E-state index is 0.693. The summed E-state index contributed by atoms with van der Waals surface area (Å²) < 4.78 is 1.75. The summed E-state index contributed by atoms with van der Waals surface area (Å²) in [5, 5.41) is 18.5. The van der Waals surface area contributed by atoms with Crippen molar-refractivity contribution in [3.05, 3.63) is 42.5 Å². The third-order valence-corrected chi connectivity index (χ3v) is 3.64. The Bertz CT molecular complexity index is 659. The third-order valence-electron chi connectivity index (χ3n) is 2.74. The standard InChI is InChI=1S/C12H13N7S/c1-19-10(7-15-18-19)6-13-9-2-4-11(5-3-9)20-12-14-8-16-17-12/h2-5,7-8,13H,6H2,1H3,(H,14,16,17). The van der Waals surface area contributed by atoms with E-state index in [2.05, 4.69) is 30.8 Å². The molecular formula is C12H13N7S. The lowest BCUT2D eigenvalue weighted by atomic mass is 10.3. The molecule has 8 heteroatoms. The Hall–Kier alpha value is -2.35. The average Bonchev–Trinajstić information content (AvgIpc) is 3.10. The van der Waals surface area contributed by atoms with E-state index in [0.29, 0.717) is 6.54 Å². The Morgan fingerprint density at radius 3 is 2.80 bits per heavy atom. The second kappa shape index (κ2) is 5.74. The second-order valence-corrected chi connectivity index (χ2v) is 5.18. The van der Waals surface area contributed by atoms with Crippen molar-refractivity contribution in [1.29, 1.82) is 0 Å². The zero-order valence-corrected chi connectivity index (χ0v) is 11.6. The molecule has 0 unspecified atom stereocenters. The first-order chi connectivity index (χ1) is 9.81. The van der Waals surface area contributed by atoms with Gasteiger partial charge in [0.1, 0.15) is 6.33 Å². The van der Waals surface area contributed by atoms with E-state index in [0.717, 1.165) is 21.4 Å². The summed E-state index contributed by atoms with van der Waals surface area (Å²) in [4.78, 5) is 5.18. The van der Waals surface area contributed by atoms with Gasteiger partial charge < -0.3 is 5.32 Å². The highest BCUT2D eigenvalue weighted by Gasteiger charge is 2.02. The molecule has 0 amide bonds. The SMILES string of the molecule is Cn1nncc1CNc1ccc(Sc2ncn[nH]2)cc1. The molecule has 0 fully saturated rings. The number of H-pyrrole nitrogens is 1. The first kappa shape index (κ1) is 12.7. The molecule has 102 valence electrons. The van der Waals surface area contributed by atoms with Crippen molar-refractivity contribution < 1.29 is 0 Å². The van der Waals surface area contributed by atoms with Crippen molar-refractivity contribution in [1.82, 2.24) is 30.2 Å². The highest BCUT2D eigenvalue weighted by atomic mass is 32.2. The topological polar surface area (TPSA) is 84.3 Å². The van der Waals surface area contributed by atoms with Crippen LogP contribution in [0.5, 0.6) is 0 Å². The molecule has 0 saturated carbocycles. The van der Waals surface area contributed by atoms with Crippen LogP contribution in [0.3, 0.4) is 0 Å². The van der Waals surface area contributed by atoms with Crippen molar-refractivity contribution in [2.75, 3.05) is 5.32 Å². The lowest BCUT2D eigenvalue weighted by Gasteiger charge is -2.06. The van der Waals surface area contributed by atoms with Gasteiger partial charge in [-0.2, -0.15) is 5.10 Å². The van der Waals surface area contributed by atoms with E-state index in [4.69, 9.17) is 0 Å². The van der Waals surface area contributed by atoms with Crippen LogP contribution in [0.25, 0.3) is 0 Å². The summed E-state index contributed by atoms with van der Waals surface area (Å²) >= 11 is 1.54. The molecule has 20 heavy (non-hydrogen) atoms. The summed E-state index contributed by atoms with van der Waals surface area (Å²) in [6.45, 7) is 0.693. The monoisotopic (exact) mass is 287 g/mol. The summed E-state index contributed by atoms with van der Waals surface area (Å²) in [6, 6.07) is 8.14. The van der Waals surface area contributed by atoms with Gasteiger partial charge in [0.25, 0.3) is 0 Å². The van der Waals surface area contributed by atoms with Crippen molar-refractivity contribution in [2.45, 2.75) is 16.6 Å². The highest BCUT2D eigenvalue weighted by molar-refractivity contribution is 7.99. The van der Waals surface area contributed by atoms with Crippen LogP contribution in [0.2, 0.25) is 0 Å². The zero-order chi connectivity index (χ0) is 13.8. The lowest BCUT2D eigenvalue weighted by molar-refractivity contribution is 0.683. The number of aromatic amines is 1. The molecule has 1 aromatic carbocycles. The number of benzene rings is 1. The normalized spacial score (nSPS) is 10.7. The molecule has 3 rings (SSSR count). The number of nitrogens with one attached hydrogen (secondary N) is 2. The number of rotatable bonds is 5. The van der Waals surface area contributed by atoms with Gasteiger partial charge in [-0.3, -0.25) is 9.78 Å². The van der Waals surface area contributed by atoms with E-state index in [1.165, 1.54) is 6.33 Å². The Morgan fingerprint density at radius 2 is 2.15 bits per heavy atom. The van der Waals surface area contributed by atoms with Crippen LogP contribution in [-0.2, 0) is 13.6 Å². The molecular weight excluding hydrogens is 274 g/mol. The Kier molecular flexibility index (Phi) is 3.64. The fourth-order valence-electron chi connectivity index (χ4n) is 1.66. The molecule has 0 saturated heterocycles. The lowest BCUT2D eigenvalue weighted by Crippen LogP contribution is -2.05. The van der Waals surface area contributed by atoms with E-state index < -0.39 is 0 Å². The Balaban J connectivity index is 1.60. The van der Waals surface area contributed by atoms with Gasteiger partial charge in [0.05, 0.1) is 18.4 Å². The van der Waals surface area contributed by atoms with E-state index in [1.807, 2.05) is 31.3 Å². The predicted octanol–water partition coefficient (Wildman–Crippen LogP) is 1.70. The summed E-state index contributed by atoms with van der Waals surface area (Å²) in [6.07, 6.45) is 3.25. The maximum absolute atomic E-state index is 4.08. The molecule has 0 atom stereocenters. The maximum Gasteiger partial charge on any atom is 0.188 e. The van der Waals surface area contributed by atoms with Crippen LogP contribution >= 0.6 is 11.8 Å². The smallest absolute Gasteiger partial charge is 0.188 e. The van der Waals surface area contributed by atoms with Crippen molar-refractivity contribution in [3.8, 4) is 0 Å². The van der Waals surface area contributed by atoms with E-state index in [1.54, 1.807) is 22.6 Å². The molecule has 2 N–H and O–H groups in total. The number of hydrogen-bond donors (Lipinski definition) is 2. The minimum Gasteiger partial charge on any atom is -0.379 e. The molecule has 2 aromatic heterocycles. The molecule has 2 heterocycles. The maximum atomic E-state index is 4.08. The Labute approximate surface area is 119 Å². The molecule has 3 aromatic rings. The predicted molar refractivity (Wildman–Crippen MR) is 75.3 cm³/mol. The van der Waals surface area contributed by atoms with Gasteiger partial charge in [-0.1, -0.05) is 17.0 Å². The molecule has 0 radical (unpaired) electrons. The molecule has 0 bridgehead atoms. The number of hydrogen-bond acceptors (Lipinski definition) is 6. The molecule has 0 aliphatic rings. The van der Waals surface area contributed by atoms with Gasteiger partial charge in [-0.05, 0) is 24.3 Å². The van der Waals surface area contributed by atoms with Gasteiger partial charge in [-0.15, -0.1) is 5.10 Å². The number of anilines is 1. The van der Waals surface area contributed by atoms with Crippen LogP contribution in [0.1, 0.15) is 5.69 Å². The van der Waals surface area contributed by atoms with Crippen molar-refractivity contribution in [3.63, 3.8) is 0 Å². The van der Waals surface area contributed by atoms with Gasteiger partial charge in [0.15, 0.2) is 5.16 Å². The Morgan fingerprint density at radius 1 is 1.30 bits per heavy atom. The number of aryl methyl sites for hydroxylation is 1. The van der Waals surface area contributed by atoms with E-state index in [-0.39, 0.29) is 0 Å². The third kappa shape index (κ3) is 2.97. The molecule has 0 spiro atoms. The van der Waals surface area contributed by atoms with E-state index >= 15 is 0 Å². The molecule has 7 nitrogen and oxygen atoms in total. The minimum atomic E-state index is 0.693. The fraction of sp³-hybridized carbons (Fsp3) is 0.167. The second-order valence-electron chi connectivity index (χ2n) is 4.12. The quantitative estimate of drug-likeness (QED) is 0.743. The van der Waals surface area contributed by atoms with E-state index in [9.17, 15) is 0 Å². The van der Waals surface area contributed by atoms with Gasteiger partial charge >= 0.3 is 0 Å². The molecule has 0 aliphatic carbocycles. The first-order valence-corrected chi connectivity index (χ1v) is 6.83. The summed E-state index contributed by atoms with van der Waals surface area (Å²) in [5.41, 5.74) is 2.08. The van der Waals surface area contributed by atoms with Gasteiger partial charge in [0, 0.05) is 17.6 Å². The van der Waals surface area contributed by atoms with Gasteiger partial charge in [0.2, 0.25) is 0 Å². The van der Waals surface area contributed by atoms with Crippen LogP contribution in [0.15, 0.2) is 46.8 Å². The largest absolute Gasteiger partial charge is 0.379 e. The van der Waals surface area contributed by atoms with Crippen LogP contribution in [0.4, 0.5) is 5.69 Å². The van der Waals surface area contributed by atoms with Crippen molar-refractivity contribution >= 4 is 17.4 Å². The van der Waals surface area contributed by atoms with Crippen LogP contribution < -0.4 is 5.32 Å². The fourth-order valence-corrected chi connectivity index (χ4v) is 2.35. The average molecular weight is 287 g/mol. The van der Waals surface area contributed by atoms with Gasteiger partial charge in [-0.25, -0.2) is 4.98 Å². The molecule has 0 aliphatic heterocycles. The number of nitrogens with zero attached hydrogens (tertiary/aromatic N) is 5. The summed E-state index contributed by atoms with van der Waals surface area (Å²) in [7, 11) is 1.88. The van der Waals surface area contributed by atoms with Crippen molar-refractivity contribution in [2.24, 2.45) is 7.05 Å². The number of aromatic nitrogens is 6. The highest BCUT2D eigenvalue weighted by Crippen LogP contribution is 2.25. The van der Waals surface area contributed by atoms with Crippen LogP contribution in [0, 0.1) is 0 Å². The van der Waals surface area contributed by atoms with Crippen LogP contribution in [-0.4, -0.2) is 30.2 Å². The first-order valence-electron chi connectivity index (χ1n) is 6.02.